The molecule has 0 saturated carbocycles. The summed E-state index contributed by atoms with van der Waals surface area (Å²) in [5, 5.41) is 5.98. The van der Waals surface area contributed by atoms with Gasteiger partial charge in [-0.1, -0.05) is 23.8 Å². The zero-order valence-corrected chi connectivity index (χ0v) is 11.6. The van der Waals surface area contributed by atoms with Gasteiger partial charge in [0.05, 0.1) is 6.54 Å². The molecule has 0 aliphatic rings. The van der Waals surface area contributed by atoms with E-state index in [2.05, 4.69) is 15.6 Å². The summed E-state index contributed by atoms with van der Waals surface area (Å²) in [6.45, 7) is 3.09. The van der Waals surface area contributed by atoms with Crippen molar-refractivity contribution in [1.29, 1.82) is 0 Å². The Kier molecular flexibility index (Phi) is 5.26. The molecule has 1 heterocycles. The second-order valence-electron chi connectivity index (χ2n) is 4.70. The van der Waals surface area contributed by atoms with E-state index in [1.165, 1.54) is 11.1 Å². The Morgan fingerprint density at radius 1 is 1.20 bits per heavy atom. The van der Waals surface area contributed by atoms with Crippen LogP contribution in [0.1, 0.15) is 11.1 Å². The molecule has 1 aromatic carbocycles. The number of benzene rings is 1. The number of aryl methyl sites for hydroxylation is 1. The lowest BCUT2D eigenvalue weighted by Gasteiger charge is -2.07. The fourth-order valence-electron chi connectivity index (χ4n) is 1.82. The molecule has 0 aliphatic heterocycles. The summed E-state index contributed by atoms with van der Waals surface area (Å²) >= 11 is 0. The molecule has 4 nitrogen and oxygen atoms in total. The van der Waals surface area contributed by atoms with Gasteiger partial charge in [-0.25, -0.2) is 0 Å². The lowest BCUT2D eigenvalue weighted by Crippen LogP contribution is -2.29. The van der Waals surface area contributed by atoms with Crippen molar-refractivity contribution in [3.63, 3.8) is 0 Å². The van der Waals surface area contributed by atoms with Crippen LogP contribution in [0, 0.1) is 6.92 Å². The third-order valence-electron chi connectivity index (χ3n) is 2.93. The summed E-state index contributed by atoms with van der Waals surface area (Å²) in [7, 11) is 0. The van der Waals surface area contributed by atoms with Gasteiger partial charge >= 0.3 is 0 Å². The monoisotopic (exact) mass is 269 g/mol. The highest BCUT2D eigenvalue weighted by Gasteiger charge is 2.01. The molecule has 0 spiro atoms. The quantitative estimate of drug-likeness (QED) is 0.790. The lowest BCUT2D eigenvalue weighted by molar-refractivity contribution is -0.115. The Labute approximate surface area is 119 Å². The van der Waals surface area contributed by atoms with E-state index in [1.807, 2.05) is 49.5 Å². The molecule has 2 rings (SSSR count). The third-order valence-corrected chi connectivity index (χ3v) is 2.93. The second-order valence-corrected chi connectivity index (χ2v) is 4.70. The first-order chi connectivity index (χ1) is 9.74. The van der Waals surface area contributed by atoms with Crippen LogP contribution in [0.3, 0.4) is 0 Å². The Morgan fingerprint density at radius 2 is 2.00 bits per heavy atom. The van der Waals surface area contributed by atoms with Crippen LogP contribution in [-0.4, -0.2) is 24.0 Å². The number of pyridine rings is 1. The molecule has 4 heteroatoms. The van der Waals surface area contributed by atoms with Gasteiger partial charge in [-0.3, -0.25) is 9.78 Å². The number of anilines is 1. The molecule has 104 valence electrons. The fourth-order valence-corrected chi connectivity index (χ4v) is 1.82. The number of carbonyl (C=O) groups excluding carboxylic acids is 1. The van der Waals surface area contributed by atoms with Crippen molar-refractivity contribution in [3.8, 4) is 0 Å². The minimum Gasteiger partial charge on any atom is -0.325 e. The molecule has 1 amide bonds. The summed E-state index contributed by atoms with van der Waals surface area (Å²) < 4.78 is 0. The van der Waals surface area contributed by atoms with Crippen LogP contribution in [0.25, 0.3) is 0 Å². The fraction of sp³-hybridized carbons (Fsp3) is 0.250. The Balaban J connectivity index is 1.66. The van der Waals surface area contributed by atoms with Crippen LogP contribution < -0.4 is 10.6 Å². The van der Waals surface area contributed by atoms with Crippen LogP contribution >= 0.6 is 0 Å². The Morgan fingerprint density at radius 3 is 2.70 bits per heavy atom. The van der Waals surface area contributed by atoms with Gasteiger partial charge in [-0.2, -0.15) is 0 Å². The molecular formula is C16H19N3O. The van der Waals surface area contributed by atoms with Gasteiger partial charge in [-0.15, -0.1) is 0 Å². The highest BCUT2D eigenvalue weighted by molar-refractivity contribution is 5.92. The molecule has 0 saturated heterocycles. The van der Waals surface area contributed by atoms with Crippen LogP contribution in [0.2, 0.25) is 0 Å². The van der Waals surface area contributed by atoms with E-state index in [1.54, 1.807) is 6.20 Å². The first kappa shape index (κ1) is 14.2. The van der Waals surface area contributed by atoms with E-state index in [9.17, 15) is 4.79 Å². The van der Waals surface area contributed by atoms with Crippen molar-refractivity contribution in [2.24, 2.45) is 0 Å². The molecule has 1 aromatic heterocycles. The largest absolute Gasteiger partial charge is 0.325 e. The first-order valence-corrected chi connectivity index (χ1v) is 6.70. The molecule has 0 bridgehead atoms. The van der Waals surface area contributed by atoms with E-state index in [0.717, 1.165) is 18.7 Å². The van der Waals surface area contributed by atoms with Crippen molar-refractivity contribution < 1.29 is 4.79 Å². The summed E-state index contributed by atoms with van der Waals surface area (Å²) in [5.41, 5.74) is 3.17. The normalized spacial score (nSPS) is 10.2. The zero-order valence-electron chi connectivity index (χ0n) is 11.6. The molecule has 2 aromatic rings. The Bertz CT molecular complexity index is 537. The van der Waals surface area contributed by atoms with Crippen LogP contribution in [0.4, 0.5) is 5.69 Å². The second kappa shape index (κ2) is 7.40. The predicted molar refractivity (Wildman–Crippen MR) is 80.6 cm³/mol. The standard InChI is InChI=1S/C16H19N3O/c1-13-4-6-15(7-5-13)19-16(20)12-18-10-8-14-3-2-9-17-11-14/h2-7,9,11,18H,8,10,12H2,1H3,(H,19,20). The zero-order chi connectivity index (χ0) is 14.2. The highest BCUT2D eigenvalue weighted by atomic mass is 16.1. The molecule has 20 heavy (non-hydrogen) atoms. The maximum absolute atomic E-state index is 11.7. The van der Waals surface area contributed by atoms with Crippen molar-refractivity contribution in [3.05, 3.63) is 59.9 Å². The molecule has 0 unspecified atom stereocenters. The molecule has 2 N–H and O–H groups in total. The molecule has 0 aliphatic carbocycles. The molecule has 0 fully saturated rings. The minimum atomic E-state index is -0.0277. The first-order valence-electron chi connectivity index (χ1n) is 6.70. The van der Waals surface area contributed by atoms with E-state index in [0.29, 0.717) is 6.54 Å². The number of nitrogens with one attached hydrogen (secondary N) is 2. The topological polar surface area (TPSA) is 54.0 Å². The number of hydrogen-bond donors (Lipinski definition) is 2. The van der Waals surface area contributed by atoms with Crippen molar-refractivity contribution in [2.45, 2.75) is 13.3 Å². The van der Waals surface area contributed by atoms with Gasteiger partial charge in [0.15, 0.2) is 0 Å². The van der Waals surface area contributed by atoms with Crippen LogP contribution in [0.15, 0.2) is 48.8 Å². The molecule has 0 radical (unpaired) electrons. The summed E-state index contributed by atoms with van der Waals surface area (Å²) in [6.07, 6.45) is 4.46. The van der Waals surface area contributed by atoms with Gasteiger partial charge in [0.25, 0.3) is 0 Å². The maximum Gasteiger partial charge on any atom is 0.238 e. The average molecular weight is 269 g/mol. The van der Waals surface area contributed by atoms with Gasteiger partial charge < -0.3 is 10.6 Å². The van der Waals surface area contributed by atoms with Crippen molar-refractivity contribution in [1.82, 2.24) is 10.3 Å². The van der Waals surface area contributed by atoms with Crippen molar-refractivity contribution >= 4 is 11.6 Å². The maximum atomic E-state index is 11.7. The lowest BCUT2D eigenvalue weighted by atomic mass is 10.2. The van der Waals surface area contributed by atoms with Crippen molar-refractivity contribution in [2.75, 3.05) is 18.4 Å². The van der Waals surface area contributed by atoms with Gasteiger partial charge in [0.2, 0.25) is 5.91 Å². The molecular weight excluding hydrogens is 250 g/mol. The highest BCUT2D eigenvalue weighted by Crippen LogP contribution is 2.07. The van der Waals surface area contributed by atoms with Gasteiger partial charge in [-0.05, 0) is 43.7 Å². The number of nitrogens with zero attached hydrogens (tertiary/aromatic N) is 1. The summed E-state index contributed by atoms with van der Waals surface area (Å²) in [5.74, 6) is -0.0277. The van der Waals surface area contributed by atoms with Crippen LogP contribution in [0.5, 0.6) is 0 Å². The van der Waals surface area contributed by atoms with Gasteiger partial charge in [0.1, 0.15) is 0 Å². The van der Waals surface area contributed by atoms with E-state index in [-0.39, 0.29) is 5.91 Å². The number of hydrogen-bond acceptors (Lipinski definition) is 3. The van der Waals surface area contributed by atoms with Crippen LogP contribution in [-0.2, 0) is 11.2 Å². The van der Waals surface area contributed by atoms with E-state index < -0.39 is 0 Å². The molecule has 0 atom stereocenters. The van der Waals surface area contributed by atoms with E-state index >= 15 is 0 Å². The van der Waals surface area contributed by atoms with Gasteiger partial charge in [0, 0.05) is 18.1 Å². The number of aromatic nitrogens is 1. The number of carbonyl (C=O) groups is 1. The minimum absolute atomic E-state index is 0.0277. The number of amides is 1. The Hall–Kier alpha value is -2.20. The third kappa shape index (κ3) is 4.82. The SMILES string of the molecule is Cc1ccc(NC(=O)CNCCc2cccnc2)cc1. The summed E-state index contributed by atoms with van der Waals surface area (Å²) in [6, 6.07) is 11.7. The predicted octanol–water partition coefficient (Wildman–Crippen LogP) is 2.16. The van der Waals surface area contributed by atoms with E-state index in [4.69, 9.17) is 0 Å². The average Bonchev–Trinajstić information content (AvgIpc) is 2.47. The number of rotatable bonds is 6. The smallest absolute Gasteiger partial charge is 0.238 e. The summed E-state index contributed by atoms with van der Waals surface area (Å²) in [4.78, 5) is 15.8.